The van der Waals surface area contributed by atoms with Crippen molar-refractivity contribution >= 4 is 23.5 Å². The predicted molar refractivity (Wildman–Crippen MR) is 116 cm³/mol. The van der Waals surface area contributed by atoms with Crippen LogP contribution in [0.2, 0.25) is 0 Å². The normalized spacial score (nSPS) is 18.5. The van der Waals surface area contributed by atoms with Gasteiger partial charge in [-0.25, -0.2) is 0 Å². The maximum atomic E-state index is 12.7. The second-order valence-corrected chi connectivity index (χ2v) is 8.15. The molecule has 0 spiro atoms. The van der Waals surface area contributed by atoms with Crippen LogP contribution in [0.15, 0.2) is 35.3 Å². The lowest BCUT2D eigenvalue weighted by atomic mass is 9.71. The molecule has 5 N–H and O–H groups in total. The van der Waals surface area contributed by atoms with Crippen LogP contribution < -0.4 is 25.3 Å². The topological polar surface area (TPSA) is 130 Å². The van der Waals surface area contributed by atoms with Crippen LogP contribution in [-0.4, -0.2) is 48.3 Å². The predicted octanol–water partition coefficient (Wildman–Crippen LogP) is 2.03. The molecule has 0 aliphatic heterocycles. The number of hydrogen-bond acceptors (Lipinski definition) is 7. The van der Waals surface area contributed by atoms with Gasteiger partial charge in [0, 0.05) is 29.6 Å². The van der Waals surface area contributed by atoms with E-state index in [0.717, 1.165) is 12.8 Å². The molecule has 9 heteroatoms. The summed E-state index contributed by atoms with van der Waals surface area (Å²) in [5.74, 6) is 0.167. The van der Waals surface area contributed by atoms with Gasteiger partial charge in [0.25, 0.3) is 0 Å². The first kappa shape index (κ1) is 22.4. The number of nitrogens with one attached hydrogen (secondary N) is 1. The van der Waals surface area contributed by atoms with E-state index in [1.54, 1.807) is 24.4 Å². The quantitative estimate of drug-likeness (QED) is 0.231. The van der Waals surface area contributed by atoms with Crippen LogP contribution in [-0.2, 0) is 0 Å². The molecule has 166 valence electrons. The van der Waals surface area contributed by atoms with Crippen molar-refractivity contribution in [2.45, 2.75) is 38.3 Å². The van der Waals surface area contributed by atoms with E-state index in [-0.39, 0.29) is 23.5 Å². The SMILES string of the molecule is COc1cc(N)c(C=NC2CC(C(C)(C)O)C2)cc1NC(=O)c1cccc(OC)[n+]1O. The third kappa shape index (κ3) is 4.88. The van der Waals surface area contributed by atoms with Crippen LogP contribution in [0.3, 0.4) is 0 Å². The van der Waals surface area contributed by atoms with Gasteiger partial charge in [-0.1, -0.05) is 0 Å². The van der Waals surface area contributed by atoms with E-state index < -0.39 is 11.5 Å². The molecular formula is C22H29N4O5+. The summed E-state index contributed by atoms with van der Waals surface area (Å²) in [5.41, 5.74) is 6.88. The summed E-state index contributed by atoms with van der Waals surface area (Å²) in [6.45, 7) is 3.62. The number of carbonyl (C=O) groups is 1. The molecule has 0 unspecified atom stereocenters. The largest absolute Gasteiger partial charge is 0.494 e. The zero-order valence-electron chi connectivity index (χ0n) is 18.1. The fraction of sp³-hybridized carbons (Fsp3) is 0.409. The Morgan fingerprint density at radius 3 is 2.61 bits per heavy atom. The molecule has 1 saturated carbocycles. The minimum Gasteiger partial charge on any atom is -0.494 e. The second kappa shape index (κ2) is 8.81. The molecule has 2 aromatic rings. The highest BCUT2D eigenvalue weighted by atomic mass is 16.5. The summed E-state index contributed by atoms with van der Waals surface area (Å²) in [6.07, 6.45) is 3.30. The van der Waals surface area contributed by atoms with Crippen LogP contribution >= 0.6 is 0 Å². The van der Waals surface area contributed by atoms with Gasteiger partial charge in [0.15, 0.2) is 0 Å². The average molecular weight is 429 g/mol. The monoisotopic (exact) mass is 429 g/mol. The van der Waals surface area contributed by atoms with Crippen LogP contribution in [0.25, 0.3) is 0 Å². The maximum absolute atomic E-state index is 12.7. The van der Waals surface area contributed by atoms with Gasteiger partial charge in [0.05, 0.1) is 42.3 Å². The van der Waals surface area contributed by atoms with Crippen molar-refractivity contribution in [2.75, 3.05) is 25.3 Å². The second-order valence-electron chi connectivity index (χ2n) is 8.15. The van der Waals surface area contributed by atoms with Gasteiger partial charge in [-0.05, 0) is 44.7 Å². The number of benzene rings is 1. The number of pyridine rings is 1. The molecule has 1 aliphatic rings. The van der Waals surface area contributed by atoms with Crippen molar-refractivity contribution in [3.63, 3.8) is 0 Å². The lowest BCUT2D eigenvalue weighted by Crippen LogP contribution is -2.42. The summed E-state index contributed by atoms with van der Waals surface area (Å²) in [7, 11) is 2.87. The van der Waals surface area contributed by atoms with Crippen molar-refractivity contribution in [3.05, 3.63) is 41.6 Å². The van der Waals surface area contributed by atoms with Crippen LogP contribution in [0.5, 0.6) is 11.6 Å². The molecule has 0 atom stereocenters. The molecule has 1 amide bonds. The number of hydrogen-bond donors (Lipinski definition) is 4. The van der Waals surface area contributed by atoms with Gasteiger partial charge >= 0.3 is 17.5 Å². The number of nitrogens with zero attached hydrogens (tertiary/aromatic N) is 2. The first-order valence-electron chi connectivity index (χ1n) is 9.96. The summed E-state index contributed by atoms with van der Waals surface area (Å²) >= 11 is 0. The number of aliphatic imine (C=N–C) groups is 1. The molecule has 3 rings (SSSR count). The summed E-state index contributed by atoms with van der Waals surface area (Å²) in [4.78, 5) is 17.3. The van der Waals surface area contributed by atoms with Crippen molar-refractivity contribution < 1.29 is 29.3 Å². The van der Waals surface area contributed by atoms with Gasteiger partial charge in [0.2, 0.25) is 0 Å². The van der Waals surface area contributed by atoms with Gasteiger partial charge < -0.3 is 25.6 Å². The number of carbonyl (C=O) groups excluding carboxylic acids is 1. The Labute approximate surface area is 181 Å². The van der Waals surface area contributed by atoms with E-state index in [1.807, 2.05) is 13.8 Å². The fourth-order valence-corrected chi connectivity index (χ4v) is 3.46. The zero-order valence-corrected chi connectivity index (χ0v) is 18.1. The smallest absolute Gasteiger partial charge is 0.417 e. The van der Waals surface area contributed by atoms with E-state index in [0.29, 0.717) is 27.4 Å². The highest BCUT2D eigenvalue weighted by Crippen LogP contribution is 2.38. The number of amides is 1. The number of rotatable bonds is 7. The number of aliphatic hydroxyl groups is 1. The number of ether oxygens (including phenoxy) is 2. The molecule has 0 saturated heterocycles. The number of nitrogens with two attached hydrogens (primary N) is 1. The standard InChI is InChI=1S/C22H28N4O5/c1-22(2,28)14-9-15(10-14)24-12-13-8-17(19(30-3)11-16(13)23)25-21(27)18-6-5-7-20(31-4)26(18)29/h5-8,11-12,14-15,23,27-29H,9-10H2,1-4H3/p+1. The van der Waals surface area contributed by atoms with Crippen molar-refractivity contribution in [3.8, 4) is 11.6 Å². The van der Waals surface area contributed by atoms with Crippen molar-refractivity contribution in [1.82, 2.24) is 0 Å². The van der Waals surface area contributed by atoms with E-state index in [1.165, 1.54) is 26.4 Å². The van der Waals surface area contributed by atoms with Crippen molar-refractivity contribution in [2.24, 2.45) is 10.9 Å². The van der Waals surface area contributed by atoms with Gasteiger partial charge in [-0.15, -0.1) is 0 Å². The van der Waals surface area contributed by atoms with E-state index in [2.05, 4.69) is 10.3 Å². The fourth-order valence-electron chi connectivity index (χ4n) is 3.46. The van der Waals surface area contributed by atoms with Crippen molar-refractivity contribution in [1.29, 1.82) is 0 Å². The third-order valence-electron chi connectivity index (χ3n) is 5.56. The molecule has 1 aromatic heterocycles. The Bertz CT molecular complexity index is 994. The van der Waals surface area contributed by atoms with Gasteiger partial charge in [-0.3, -0.25) is 15.0 Å². The van der Waals surface area contributed by atoms with Crippen LogP contribution in [0, 0.1) is 5.92 Å². The molecule has 0 radical (unpaired) electrons. The van der Waals surface area contributed by atoms with E-state index >= 15 is 0 Å². The molecule has 9 nitrogen and oxygen atoms in total. The number of nitrogen functional groups attached to an aromatic ring is 1. The maximum Gasteiger partial charge on any atom is 0.417 e. The molecule has 1 aliphatic carbocycles. The molecule has 1 aromatic carbocycles. The van der Waals surface area contributed by atoms with Crippen LogP contribution in [0.1, 0.15) is 42.7 Å². The Morgan fingerprint density at radius 2 is 2.00 bits per heavy atom. The minimum absolute atomic E-state index is 0.0134. The van der Waals surface area contributed by atoms with Gasteiger partial charge in [-0.2, -0.15) is 0 Å². The number of methoxy groups -OCH3 is 2. The minimum atomic E-state index is -0.702. The summed E-state index contributed by atoms with van der Waals surface area (Å²) in [6, 6.07) is 7.98. The van der Waals surface area contributed by atoms with Gasteiger partial charge in [0.1, 0.15) is 5.75 Å². The third-order valence-corrected chi connectivity index (χ3v) is 5.56. The Kier molecular flexibility index (Phi) is 6.35. The first-order chi connectivity index (χ1) is 14.6. The Hall–Kier alpha value is -3.33. The van der Waals surface area contributed by atoms with E-state index in [9.17, 15) is 15.1 Å². The molecule has 0 bridgehead atoms. The Balaban J connectivity index is 1.80. The molecule has 1 heterocycles. The number of aromatic nitrogens is 1. The lowest BCUT2D eigenvalue weighted by molar-refractivity contribution is -0.907. The molecule has 31 heavy (non-hydrogen) atoms. The zero-order chi connectivity index (χ0) is 22.8. The number of anilines is 2. The summed E-state index contributed by atoms with van der Waals surface area (Å²) < 4.78 is 11.0. The average Bonchev–Trinajstić information content (AvgIpc) is 2.67. The van der Waals surface area contributed by atoms with Crippen LogP contribution in [0.4, 0.5) is 11.4 Å². The Morgan fingerprint density at radius 1 is 1.29 bits per heavy atom. The highest BCUT2D eigenvalue weighted by molar-refractivity contribution is 6.04. The molecule has 1 fully saturated rings. The molecular weight excluding hydrogens is 400 g/mol. The summed E-state index contributed by atoms with van der Waals surface area (Å²) in [5, 5.41) is 22.9. The highest BCUT2D eigenvalue weighted by Gasteiger charge is 2.38. The lowest BCUT2D eigenvalue weighted by Gasteiger charge is -2.40. The first-order valence-corrected chi connectivity index (χ1v) is 9.96. The van der Waals surface area contributed by atoms with E-state index in [4.69, 9.17) is 15.2 Å².